The molecule has 4 rings (SSSR count). The van der Waals surface area contributed by atoms with Crippen molar-refractivity contribution in [3.05, 3.63) is 109 Å². The third-order valence-electron chi connectivity index (χ3n) is 4.40. The van der Waals surface area contributed by atoms with Crippen LogP contribution in [-0.2, 0) is 10.1 Å². The van der Waals surface area contributed by atoms with Crippen LogP contribution in [0.3, 0.4) is 0 Å². The van der Waals surface area contributed by atoms with Crippen molar-refractivity contribution in [2.75, 3.05) is 0 Å². The number of hydrogen-bond donors (Lipinski definition) is 0. The van der Waals surface area contributed by atoms with Crippen molar-refractivity contribution in [2.45, 2.75) is 4.90 Å². The Bertz CT molecular complexity index is 1170. The van der Waals surface area contributed by atoms with Crippen LogP contribution in [0, 0.1) is 0 Å². The van der Waals surface area contributed by atoms with Crippen LogP contribution in [0.15, 0.2) is 114 Å². The minimum absolute atomic E-state index is 0.120. The molecule has 0 bridgehead atoms. The van der Waals surface area contributed by atoms with Crippen molar-refractivity contribution in [1.82, 2.24) is 0 Å². The van der Waals surface area contributed by atoms with Crippen LogP contribution in [0.4, 0.5) is 0 Å². The number of benzene rings is 4. The lowest BCUT2D eigenvalue weighted by molar-refractivity contribution is 0.486. The zero-order valence-electron chi connectivity index (χ0n) is 15.0. The molecular formula is C24H18O3S. The topological polar surface area (TPSA) is 43.4 Å². The van der Waals surface area contributed by atoms with E-state index in [2.05, 4.69) is 0 Å². The molecular weight excluding hydrogens is 368 g/mol. The average Bonchev–Trinajstić information content (AvgIpc) is 2.75. The molecule has 0 spiro atoms. The molecule has 3 nitrogen and oxygen atoms in total. The highest BCUT2D eigenvalue weighted by Gasteiger charge is 2.19. The van der Waals surface area contributed by atoms with Crippen LogP contribution >= 0.6 is 0 Å². The third kappa shape index (κ3) is 3.82. The van der Waals surface area contributed by atoms with Crippen molar-refractivity contribution in [1.29, 1.82) is 0 Å². The molecule has 28 heavy (non-hydrogen) atoms. The smallest absolute Gasteiger partial charge is 0.339 e. The Balaban J connectivity index is 1.83. The second kappa shape index (κ2) is 7.71. The summed E-state index contributed by atoms with van der Waals surface area (Å²) >= 11 is 0. The quantitative estimate of drug-likeness (QED) is 0.408. The van der Waals surface area contributed by atoms with Crippen LogP contribution in [-0.4, -0.2) is 8.42 Å². The molecule has 0 saturated carbocycles. The predicted molar refractivity (Wildman–Crippen MR) is 112 cm³/mol. The SMILES string of the molecule is O=S(=O)(Oc1ccccc1)c1ccc(-c2ccccc2)c(-c2ccccc2)c1. The first-order valence-electron chi connectivity index (χ1n) is 8.88. The van der Waals surface area contributed by atoms with E-state index in [1.807, 2.05) is 72.8 Å². The van der Waals surface area contributed by atoms with E-state index in [0.29, 0.717) is 0 Å². The van der Waals surface area contributed by atoms with Gasteiger partial charge in [-0.15, -0.1) is 0 Å². The van der Waals surface area contributed by atoms with Crippen LogP contribution in [0.1, 0.15) is 0 Å². The zero-order chi connectivity index (χ0) is 19.4. The molecule has 0 fully saturated rings. The van der Waals surface area contributed by atoms with Crippen molar-refractivity contribution < 1.29 is 12.6 Å². The summed E-state index contributed by atoms with van der Waals surface area (Å²) in [4.78, 5) is 0.120. The molecule has 0 unspecified atom stereocenters. The molecule has 0 amide bonds. The Morgan fingerprint density at radius 2 is 1.04 bits per heavy atom. The van der Waals surface area contributed by atoms with Crippen molar-refractivity contribution >= 4 is 10.1 Å². The summed E-state index contributed by atoms with van der Waals surface area (Å²) in [7, 11) is -3.94. The molecule has 4 aromatic rings. The largest absolute Gasteiger partial charge is 0.379 e. The van der Waals surface area contributed by atoms with E-state index in [9.17, 15) is 8.42 Å². The monoisotopic (exact) mass is 386 g/mol. The summed E-state index contributed by atoms with van der Waals surface area (Å²) in [6, 6.07) is 33.3. The standard InChI is InChI=1S/C24H18O3S/c25-28(26,27-21-14-8-3-9-15-21)22-16-17-23(19-10-4-1-5-11-19)24(18-22)20-12-6-2-7-13-20/h1-18H. The maximum absolute atomic E-state index is 12.8. The summed E-state index contributed by atoms with van der Waals surface area (Å²) in [6.07, 6.45) is 0. The highest BCUT2D eigenvalue weighted by molar-refractivity contribution is 7.87. The Morgan fingerprint density at radius 3 is 1.61 bits per heavy atom. The van der Waals surface area contributed by atoms with E-state index < -0.39 is 10.1 Å². The van der Waals surface area contributed by atoms with Crippen LogP contribution in [0.25, 0.3) is 22.3 Å². The molecule has 138 valence electrons. The maximum Gasteiger partial charge on any atom is 0.339 e. The third-order valence-corrected chi connectivity index (χ3v) is 5.64. The molecule has 0 atom stereocenters. The Labute approximate surface area is 165 Å². The number of hydrogen-bond acceptors (Lipinski definition) is 3. The van der Waals surface area contributed by atoms with Gasteiger partial charge in [0.15, 0.2) is 0 Å². The highest BCUT2D eigenvalue weighted by atomic mass is 32.2. The van der Waals surface area contributed by atoms with E-state index >= 15 is 0 Å². The van der Waals surface area contributed by atoms with E-state index in [-0.39, 0.29) is 10.6 Å². The molecule has 0 aliphatic heterocycles. The fourth-order valence-electron chi connectivity index (χ4n) is 3.06. The van der Waals surface area contributed by atoms with Gasteiger partial charge in [-0.3, -0.25) is 0 Å². The van der Waals surface area contributed by atoms with Crippen molar-refractivity contribution in [2.24, 2.45) is 0 Å². The summed E-state index contributed by atoms with van der Waals surface area (Å²) < 4.78 is 30.9. The Kier molecular flexibility index (Phi) is 4.96. The van der Waals surface area contributed by atoms with Gasteiger partial charge < -0.3 is 4.18 Å². The lowest BCUT2D eigenvalue weighted by atomic mass is 9.95. The zero-order valence-corrected chi connectivity index (χ0v) is 15.8. The first kappa shape index (κ1) is 18.0. The van der Waals surface area contributed by atoms with Crippen molar-refractivity contribution in [3.8, 4) is 28.0 Å². The molecule has 0 aromatic heterocycles. The minimum atomic E-state index is -3.94. The van der Waals surface area contributed by atoms with Gasteiger partial charge >= 0.3 is 10.1 Å². The van der Waals surface area contributed by atoms with Gasteiger partial charge in [-0.05, 0) is 46.5 Å². The predicted octanol–water partition coefficient (Wildman–Crippen LogP) is 5.79. The number of rotatable bonds is 5. The van der Waals surface area contributed by atoms with Gasteiger partial charge in [0, 0.05) is 0 Å². The summed E-state index contributed by atoms with van der Waals surface area (Å²) in [5, 5.41) is 0. The first-order valence-corrected chi connectivity index (χ1v) is 10.3. The molecule has 4 aromatic carbocycles. The molecule has 0 heterocycles. The second-order valence-corrected chi connectivity index (χ2v) is 7.84. The Morgan fingerprint density at radius 1 is 0.536 bits per heavy atom. The van der Waals surface area contributed by atoms with Gasteiger partial charge in [-0.25, -0.2) is 0 Å². The van der Waals surface area contributed by atoms with Gasteiger partial charge in [0.2, 0.25) is 0 Å². The normalized spacial score (nSPS) is 11.1. The average molecular weight is 386 g/mol. The summed E-state index contributed by atoms with van der Waals surface area (Å²) in [5.41, 5.74) is 3.77. The van der Waals surface area contributed by atoms with E-state index in [1.54, 1.807) is 36.4 Å². The highest BCUT2D eigenvalue weighted by Crippen LogP contribution is 2.34. The lowest BCUT2D eigenvalue weighted by Gasteiger charge is -2.13. The Hall–Kier alpha value is -3.37. The van der Waals surface area contributed by atoms with Gasteiger partial charge in [-0.2, -0.15) is 8.42 Å². The minimum Gasteiger partial charge on any atom is -0.379 e. The van der Waals surface area contributed by atoms with Crippen LogP contribution in [0.5, 0.6) is 5.75 Å². The maximum atomic E-state index is 12.8. The van der Waals surface area contributed by atoms with Gasteiger partial charge in [-0.1, -0.05) is 84.9 Å². The summed E-state index contributed by atoms with van der Waals surface area (Å²) in [6.45, 7) is 0. The molecule has 0 saturated heterocycles. The fraction of sp³-hybridized carbons (Fsp3) is 0. The van der Waals surface area contributed by atoms with Crippen LogP contribution in [0.2, 0.25) is 0 Å². The van der Waals surface area contributed by atoms with E-state index in [1.165, 1.54) is 0 Å². The molecule has 0 aliphatic carbocycles. The number of para-hydroxylation sites is 1. The second-order valence-electron chi connectivity index (χ2n) is 6.29. The molecule has 0 N–H and O–H groups in total. The molecule has 0 aliphatic rings. The fourth-order valence-corrected chi connectivity index (χ4v) is 4.01. The van der Waals surface area contributed by atoms with Gasteiger partial charge in [0.05, 0.1) is 0 Å². The van der Waals surface area contributed by atoms with Crippen molar-refractivity contribution in [3.63, 3.8) is 0 Å². The first-order chi connectivity index (χ1) is 13.6. The lowest BCUT2D eigenvalue weighted by Crippen LogP contribution is -2.10. The molecule has 4 heteroatoms. The molecule has 0 radical (unpaired) electrons. The van der Waals surface area contributed by atoms with Crippen LogP contribution < -0.4 is 4.18 Å². The van der Waals surface area contributed by atoms with Gasteiger partial charge in [0.25, 0.3) is 0 Å². The van der Waals surface area contributed by atoms with Gasteiger partial charge in [0.1, 0.15) is 10.6 Å². The van der Waals surface area contributed by atoms with E-state index in [0.717, 1.165) is 22.3 Å². The van der Waals surface area contributed by atoms with E-state index in [4.69, 9.17) is 4.18 Å². The summed E-state index contributed by atoms with van der Waals surface area (Å²) in [5.74, 6) is 0.288.